The van der Waals surface area contributed by atoms with Crippen LogP contribution in [0.25, 0.3) is 0 Å². The SMILES string of the molecule is CCOC(=O)C1=C2C[C@H](CBr)CN2C(c2nccs2)=N[C@H]1c1ccc(F)cc1Br. The Kier molecular flexibility index (Phi) is 6.17. The average Bonchev–Trinajstić information content (AvgIpc) is 3.37. The van der Waals surface area contributed by atoms with E-state index in [4.69, 9.17) is 9.73 Å². The van der Waals surface area contributed by atoms with E-state index in [2.05, 4.69) is 41.7 Å². The summed E-state index contributed by atoms with van der Waals surface area (Å²) in [6, 6.07) is 3.85. The summed E-state index contributed by atoms with van der Waals surface area (Å²) in [6.07, 6.45) is 2.48. The first-order chi connectivity index (χ1) is 14.0. The number of hydrogen-bond donors (Lipinski definition) is 0. The summed E-state index contributed by atoms with van der Waals surface area (Å²) in [5, 5.41) is 3.52. The van der Waals surface area contributed by atoms with Gasteiger partial charge in [-0.25, -0.2) is 14.2 Å². The lowest BCUT2D eigenvalue weighted by atomic mass is 9.94. The number of allylic oxidation sites excluding steroid dienone is 1. The lowest BCUT2D eigenvalue weighted by molar-refractivity contribution is -0.139. The fraction of sp³-hybridized carbons (Fsp3) is 0.350. The summed E-state index contributed by atoms with van der Waals surface area (Å²) in [5.41, 5.74) is 2.15. The van der Waals surface area contributed by atoms with Gasteiger partial charge >= 0.3 is 5.97 Å². The van der Waals surface area contributed by atoms with E-state index in [-0.39, 0.29) is 18.4 Å². The molecule has 0 aliphatic carbocycles. The van der Waals surface area contributed by atoms with Gasteiger partial charge in [-0.15, -0.1) is 11.3 Å². The number of benzene rings is 1. The number of aromatic nitrogens is 1. The van der Waals surface area contributed by atoms with E-state index in [1.807, 2.05) is 5.38 Å². The molecule has 0 bridgehead atoms. The molecule has 1 aromatic heterocycles. The van der Waals surface area contributed by atoms with Gasteiger partial charge in [0.2, 0.25) is 0 Å². The summed E-state index contributed by atoms with van der Waals surface area (Å²) in [5.74, 6) is 0.348. The molecule has 2 atom stereocenters. The molecule has 1 saturated heterocycles. The molecule has 0 radical (unpaired) electrons. The Morgan fingerprint density at radius 1 is 1.45 bits per heavy atom. The largest absolute Gasteiger partial charge is 0.463 e. The maximum Gasteiger partial charge on any atom is 0.338 e. The zero-order chi connectivity index (χ0) is 20.5. The predicted octanol–water partition coefficient (Wildman–Crippen LogP) is 5.08. The van der Waals surface area contributed by atoms with Gasteiger partial charge in [0.25, 0.3) is 0 Å². The number of nitrogens with zero attached hydrogens (tertiary/aromatic N) is 3. The van der Waals surface area contributed by atoms with E-state index in [0.717, 1.165) is 40.4 Å². The van der Waals surface area contributed by atoms with Crippen LogP contribution in [0.15, 0.2) is 50.5 Å². The minimum absolute atomic E-state index is 0.276. The summed E-state index contributed by atoms with van der Waals surface area (Å²) < 4.78 is 19.7. The predicted molar refractivity (Wildman–Crippen MR) is 118 cm³/mol. The lowest BCUT2D eigenvalue weighted by Crippen LogP contribution is -2.35. The number of carbonyl (C=O) groups is 1. The number of halogens is 3. The molecule has 0 spiro atoms. The Balaban J connectivity index is 1.91. The van der Waals surface area contributed by atoms with E-state index in [0.29, 0.717) is 16.0 Å². The minimum atomic E-state index is -0.594. The van der Waals surface area contributed by atoms with Crippen molar-refractivity contribution in [2.45, 2.75) is 19.4 Å². The van der Waals surface area contributed by atoms with Gasteiger partial charge in [0.05, 0.1) is 12.2 Å². The van der Waals surface area contributed by atoms with Gasteiger partial charge in [-0.05, 0) is 37.0 Å². The fourth-order valence-corrected chi connectivity index (χ4v) is 5.34. The Morgan fingerprint density at radius 2 is 2.28 bits per heavy atom. The van der Waals surface area contributed by atoms with Crippen molar-refractivity contribution in [2.24, 2.45) is 10.9 Å². The van der Waals surface area contributed by atoms with Crippen LogP contribution in [-0.4, -0.2) is 40.2 Å². The molecule has 2 aromatic rings. The topological polar surface area (TPSA) is 54.8 Å². The molecular weight excluding hydrogens is 525 g/mol. The van der Waals surface area contributed by atoms with Crippen molar-refractivity contribution < 1.29 is 13.9 Å². The first-order valence-corrected chi connectivity index (χ1v) is 12.0. The summed E-state index contributed by atoms with van der Waals surface area (Å²) in [6.45, 7) is 2.81. The number of rotatable bonds is 5. The van der Waals surface area contributed by atoms with Crippen molar-refractivity contribution in [3.8, 4) is 0 Å². The molecule has 2 aliphatic heterocycles. The Labute approximate surface area is 188 Å². The van der Waals surface area contributed by atoms with Crippen molar-refractivity contribution in [3.63, 3.8) is 0 Å². The average molecular weight is 543 g/mol. The van der Waals surface area contributed by atoms with Gasteiger partial charge < -0.3 is 9.64 Å². The van der Waals surface area contributed by atoms with Gasteiger partial charge in [0.1, 0.15) is 11.9 Å². The van der Waals surface area contributed by atoms with Crippen molar-refractivity contribution in [1.29, 1.82) is 0 Å². The van der Waals surface area contributed by atoms with Crippen LogP contribution in [0.5, 0.6) is 0 Å². The molecule has 0 N–H and O–H groups in total. The normalized spacial score (nSPS) is 21.2. The number of hydrogen-bond acceptors (Lipinski definition) is 6. The van der Waals surface area contributed by atoms with Crippen molar-refractivity contribution in [2.75, 3.05) is 18.5 Å². The Hall–Kier alpha value is -1.58. The summed E-state index contributed by atoms with van der Waals surface area (Å²) in [7, 11) is 0. The third kappa shape index (κ3) is 3.92. The van der Waals surface area contributed by atoms with Crippen LogP contribution in [0.1, 0.15) is 30.0 Å². The maximum absolute atomic E-state index is 13.7. The maximum atomic E-state index is 13.7. The van der Waals surface area contributed by atoms with Crippen LogP contribution in [-0.2, 0) is 9.53 Å². The molecule has 3 heterocycles. The van der Waals surface area contributed by atoms with Gasteiger partial charge in [-0.3, -0.25) is 4.99 Å². The number of alkyl halides is 1. The van der Waals surface area contributed by atoms with Gasteiger partial charge in [0.15, 0.2) is 10.8 Å². The van der Waals surface area contributed by atoms with Crippen molar-refractivity contribution >= 4 is 55.0 Å². The molecule has 0 unspecified atom stereocenters. The van der Waals surface area contributed by atoms with E-state index < -0.39 is 6.04 Å². The molecule has 4 rings (SSSR count). The molecule has 1 aromatic carbocycles. The highest BCUT2D eigenvalue weighted by Gasteiger charge is 2.42. The summed E-state index contributed by atoms with van der Waals surface area (Å²) >= 11 is 8.53. The number of amidine groups is 1. The number of fused-ring (bicyclic) bond motifs is 1. The van der Waals surface area contributed by atoms with Crippen molar-refractivity contribution in [3.05, 3.63) is 61.9 Å². The van der Waals surface area contributed by atoms with E-state index in [1.165, 1.54) is 23.5 Å². The number of esters is 1. The van der Waals surface area contributed by atoms with Crippen LogP contribution in [0.3, 0.4) is 0 Å². The zero-order valence-electron chi connectivity index (χ0n) is 15.6. The van der Waals surface area contributed by atoms with Crippen LogP contribution in [0.2, 0.25) is 0 Å². The van der Waals surface area contributed by atoms with Crippen LogP contribution >= 0.6 is 43.2 Å². The molecule has 29 heavy (non-hydrogen) atoms. The van der Waals surface area contributed by atoms with Crippen LogP contribution in [0.4, 0.5) is 4.39 Å². The second kappa shape index (κ2) is 8.65. The quantitative estimate of drug-likeness (QED) is 0.390. The second-order valence-corrected chi connectivity index (χ2v) is 9.17. The van der Waals surface area contributed by atoms with E-state index in [1.54, 1.807) is 19.2 Å². The zero-order valence-corrected chi connectivity index (χ0v) is 19.6. The van der Waals surface area contributed by atoms with E-state index >= 15 is 0 Å². The molecule has 0 amide bonds. The summed E-state index contributed by atoms with van der Waals surface area (Å²) in [4.78, 5) is 24.5. The van der Waals surface area contributed by atoms with Crippen LogP contribution in [0, 0.1) is 11.7 Å². The monoisotopic (exact) mass is 541 g/mol. The number of ether oxygens (including phenoxy) is 1. The first kappa shape index (κ1) is 20.7. The molecule has 5 nitrogen and oxygen atoms in total. The van der Waals surface area contributed by atoms with E-state index in [9.17, 15) is 9.18 Å². The highest BCUT2D eigenvalue weighted by molar-refractivity contribution is 9.10. The molecule has 9 heteroatoms. The molecule has 2 aliphatic rings. The third-order valence-electron chi connectivity index (χ3n) is 4.93. The number of thiazole rings is 1. The standard InChI is InChI=1S/C20H18Br2FN3O2S/c1-2-28-20(27)16-15-7-11(9-21)10-26(15)18(19-24-5-6-29-19)25-17(16)13-4-3-12(23)8-14(13)22/h3-6,8,11,17H,2,7,9-10H2,1H3/t11-,17+/m1/s1. The van der Waals surface area contributed by atoms with Crippen LogP contribution < -0.4 is 0 Å². The third-order valence-corrected chi connectivity index (χ3v) is 7.31. The van der Waals surface area contributed by atoms with Gasteiger partial charge in [-0.2, -0.15) is 0 Å². The second-order valence-electron chi connectivity index (χ2n) is 6.77. The minimum Gasteiger partial charge on any atom is -0.463 e. The lowest BCUT2D eigenvalue weighted by Gasteiger charge is -2.32. The Morgan fingerprint density at radius 3 is 2.93 bits per heavy atom. The van der Waals surface area contributed by atoms with Crippen molar-refractivity contribution in [1.82, 2.24) is 9.88 Å². The highest BCUT2D eigenvalue weighted by atomic mass is 79.9. The molecular formula is C20H18Br2FN3O2S. The molecule has 152 valence electrons. The molecule has 1 fully saturated rings. The molecule has 0 saturated carbocycles. The first-order valence-electron chi connectivity index (χ1n) is 9.19. The number of carbonyl (C=O) groups excluding carboxylic acids is 1. The number of aliphatic imine (C=N–C) groups is 1. The Bertz CT molecular complexity index is 994. The fourth-order valence-electron chi connectivity index (χ4n) is 3.70. The van der Waals surface area contributed by atoms with Gasteiger partial charge in [-0.1, -0.05) is 37.9 Å². The highest BCUT2D eigenvalue weighted by Crippen LogP contribution is 2.44. The van der Waals surface area contributed by atoms with Gasteiger partial charge in [0, 0.05) is 33.6 Å². The smallest absolute Gasteiger partial charge is 0.338 e.